The summed E-state index contributed by atoms with van der Waals surface area (Å²) < 4.78 is 5.36. The van der Waals surface area contributed by atoms with Crippen LogP contribution in [0.5, 0.6) is 0 Å². The molecule has 0 aliphatic heterocycles. The summed E-state index contributed by atoms with van der Waals surface area (Å²) in [6.07, 6.45) is 10.6. The predicted octanol–water partition coefficient (Wildman–Crippen LogP) is 2.40. The van der Waals surface area contributed by atoms with Gasteiger partial charge >= 0.3 is 0 Å². The van der Waals surface area contributed by atoms with Crippen molar-refractivity contribution in [1.29, 1.82) is 0 Å². The number of rotatable bonds is 0. The molecule has 2 aromatic rings. The summed E-state index contributed by atoms with van der Waals surface area (Å²) in [5.41, 5.74) is 1.40. The molecule has 0 N–H and O–H groups in total. The molecule has 0 spiro atoms. The van der Waals surface area contributed by atoms with Crippen molar-refractivity contribution < 1.29 is 4.42 Å². The van der Waals surface area contributed by atoms with Gasteiger partial charge in [0.2, 0.25) is 0 Å². The van der Waals surface area contributed by atoms with Crippen molar-refractivity contribution >= 4 is 11.0 Å². The van der Waals surface area contributed by atoms with Crippen LogP contribution in [0.25, 0.3) is 11.0 Å². The number of hydrogen-bond donors (Lipinski definition) is 0. The van der Waals surface area contributed by atoms with Crippen LogP contribution in [0.15, 0.2) is 28.7 Å². The van der Waals surface area contributed by atoms with Gasteiger partial charge in [0, 0.05) is 5.39 Å². The maximum atomic E-state index is 5.36. The van der Waals surface area contributed by atoms with Crippen LogP contribution in [-0.4, -0.2) is 0 Å². The summed E-state index contributed by atoms with van der Waals surface area (Å²) in [7, 11) is 0. The van der Waals surface area contributed by atoms with Crippen molar-refractivity contribution in [3.8, 4) is 24.7 Å². The Morgan fingerprint density at radius 1 is 1.08 bits per heavy atom. The summed E-state index contributed by atoms with van der Waals surface area (Å²) in [6, 6.07) is 7.53. The largest absolute Gasteiger partial charge is 0.446 e. The molecule has 1 heterocycles. The summed E-state index contributed by atoms with van der Waals surface area (Å²) in [4.78, 5) is 0. The van der Waals surface area contributed by atoms with Crippen molar-refractivity contribution in [3.63, 3.8) is 0 Å². The van der Waals surface area contributed by atoms with Crippen LogP contribution >= 0.6 is 0 Å². The zero-order valence-corrected chi connectivity index (χ0v) is 6.87. The first-order chi connectivity index (χ1) is 6.36. The molecule has 0 saturated carbocycles. The fourth-order valence-electron chi connectivity index (χ4n) is 1.29. The molecule has 0 atom stereocenters. The van der Waals surface area contributed by atoms with E-state index in [9.17, 15) is 0 Å². The van der Waals surface area contributed by atoms with Crippen LogP contribution in [0.2, 0.25) is 0 Å². The van der Waals surface area contributed by atoms with Gasteiger partial charge in [-0.3, -0.25) is 0 Å². The molecule has 1 aromatic carbocycles. The van der Waals surface area contributed by atoms with Gasteiger partial charge < -0.3 is 4.42 Å². The molecule has 0 amide bonds. The molecule has 1 nitrogen and oxygen atoms in total. The number of terminal acetylenes is 2. The Balaban J connectivity index is 2.93. The van der Waals surface area contributed by atoms with Gasteiger partial charge in [0.05, 0.1) is 5.56 Å². The van der Waals surface area contributed by atoms with Crippen molar-refractivity contribution in [2.75, 3.05) is 0 Å². The van der Waals surface area contributed by atoms with E-state index in [-0.39, 0.29) is 0 Å². The topological polar surface area (TPSA) is 13.1 Å². The minimum Gasteiger partial charge on any atom is -0.446 e. The highest BCUT2D eigenvalue weighted by Crippen LogP contribution is 2.23. The molecule has 1 aromatic heterocycles. The number of hydrogen-bond acceptors (Lipinski definition) is 1. The Morgan fingerprint density at radius 2 is 1.85 bits per heavy atom. The third-order valence-corrected chi connectivity index (χ3v) is 1.87. The Labute approximate surface area is 76.4 Å². The molecule has 0 aliphatic carbocycles. The zero-order valence-electron chi connectivity index (χ0n) is 6.87. The van der Waals surface area contributed by atoms with Crippen LogP contribution in [0, 0.1) is 24.7 Å². The monoisotopic (exact) mass is 166 g/mol. The molecule has 2 rings (SSSR count). The summed E-state index contributed by atoms with van der Waals surface area (Å²) in [5.74, 6) is 5.39. The molecule has 13 heavy (non-hydrogen) atoms. The maximum Gasteiger partial charge on any atom is 0.193 e. The molecular weight excluding hydrogens is 160 g/mol. The highest BCUT2D eigenvalue weighted by Gasteiger charge is 2.08. The second kappa shape index (κ2) is 2.73. The first kappa shape index (κ1) is 7.53. The Morgan fingerprint density at radius 3 is 2.54 bits per heavy atom. The standard InChI is InChI=1S/C12H6O/c1-3-9-10-7-5-6-8-12(10)13-11(9)4-2/h1-2,5-8H. The van der Waals surface area contributed by atoms with Gasteiger partial charge in [0.15, 0.2) is 5.76 Å². The van der Waals surface area contributed by atoms with Gasteiger partial charge in [0.1, 0.15) is 5.58 Å². The minimum atomic E-state index is 0.434. The third-order valence-electron chi connectivity index (χ3n) is 1.87. The number of furan rings is 1. The lowest BCUT2D eigenvalue weighted by atomic mass is 10.1. The quantitative estimate of drug-likeness (QED) is 0.548. The lowest BCUT2D eigenvalue weighted by Gasteiger charge is -1.84. The molecule has 1 heteroatoms. The highest BCUT2D eigenvalue weighted by molar-refractivity contribution is 5.86. The normalized spacial score (nSPS) is 9.38. The van der Waals surface area contributed by atoms with Gasteiger partial charge in [-0.05, 0) is 18.1 Å². The van der Waals surface area contributed by atoms with Crippen molar-refractivity contribution in [2.45, 2.75) is 0 Å². The fraction of sp³-hybridized carbons (Fsp3) is 0. The molecule has 60 valence electrons. The Kier molecular flexibility index (Phi) is 1.58. The van der Waals surface area contributed by atoms with Gasteiger partial charge in [-0.2, -0.15) is 0 Å². The van der Waals surface area contributed by atoms with E-state index in [2.05, 4.69) is 11.8 Å². The molecule has 0 saturated heterocycles. The van der Waals surface area contributed by atoms with Crippen LogP contribution in [0.1, 0.15) is 11.3 Å². The van der Waals surface area contributed by atoms with E-state index >= 15 is 0 Å². The highest BCUT2D eigenvalue weighted by atomic mass is 16.3. The third kappa shape index (κ3) is 0.991. The lowest BCUT2D eigenvalue weighted by molar-refractivity contribution is 0.600. The average molecular weight is 166 g/mol. The van der Waals surface area contributed by atoms with E-state index in [0.29, 0.717) is 11.3 Å². The number of para-hydroxylation sites is 1. The van der Waals surface area contributed by atoms with E-state index in [1.807, 2.05) is 24.3 Å². The fourth-order valence-corrected chi connectivity index (χ4v) is 1.29. The summed E-state index contributed by atoms with van der Waals surface area (Å²) in [5, 5.41) is 0.901. The SMILES string of the molecule is C#Cc1oc2ccccc2c1C#C. The van der Waals surface area contributed by atoms with E-state index in [1.54, 1.807) is 0 Å². The van der Waals surface area contributed by atoms with Gasteiger partial charge in [-0.15, -0.1) is 12.8 Å². The molecule has 0 unspecified atom stereocenters. The smallest absolute Gasteiger partial charge is 0.193 e. The molecule has 0 fully saturated rings. The first-order valence-electron chi connectivity index (χ1n) is 3.81. The molecule has 0 bridgehead atoms. The van der Waals surface area contributed by atoms with Gasteiger partial charge in [-0.25, -0.2) is 0 Å². The van der Waals surface area contributed by atoms with Crippen LogP contribution < -0.4 is 0 Å². The lowest BCUT2D eigenvalue weighted by Crippen LogP contribution is -1.73. The van der Waals surface area contributed by atoms with Crippen LogP contribution in [-0.2, 0) is 0 Å². The van der Waals surface area contributed by atoms with E-state index in [0.717, 1.165) is 11.0 Å². The predicted molar refractivity (Wildman–Crippen MR) is 52.1 cm³/mol. The summed E-state index contributed by atoms with van der Waals surface area (Å²) >= 11 is 0. The maximum absolute atomic E-state index is 5.36. The van der Waals surface area contributed by atoms with Gasteiger partial charge in [0.25, 0.3) is 0 Å². The molecular formula is C12H6O. The first-order valence-corrected chi connectivity index (χ1v) is 3.81. The summed E-state index contributed by atoms with van der Waals surface area (Å²) in [6.45, 7) is 0. The van der Waals surface area contributed by atoms with Gasteiger partial charge in [-0.1, -0.05) is 18.1 Å². The molecule has 0 aliphatic rings. The molecule has 0 radical (unpaired) electrons. The van der Waals surface area contributed by atoms with Crippen molar-refractivity contribution in [1.82, 2.24) is 0 Å². The van der Waals surface area contributed by atoms with Crippen LogP contribution in [0.3, 0.4) is 0 Å². The van der Waals surface area contributed by atoms with E-state index in [4.69, 9.17) is 17.3 Å². The van der Waals surface area contributed by atoms with Crippen molar-refractivity contribution in [3.05, 3.63) is 35.6 Å². The number of fused-ring (bicyclic) bond motifs is 1. The Hall–Kier alpha value is -2.12. The number of benzene rings is 1. The Bertz CT molecular complexity index is 532. The van der Waals surface area contributed by atoms with Crippen LogP contribution in [0.4, 0.5) is 0 Å². The van der Waals surface area contributed by atoms with E-state index < -0.39 is 0 Å². The second-order valence-corrected chi connectivity index (χ2v) is 2.59. The second-order valence-electron chi connectivity index (χ2n) is 2.59. The van der Waals surface area contributed by atoms with Crippen molar-refractivity contribution in [2.24, 2.45) is 0 Å². The minimum absolute atomic E-state index is 0.434. The average Bonchev–Trinajstić information content (AvgIpc) is 2.55. The van der Waals surface area contributed by atoms with E-state index in [1.165, 1.54) is 0 Å². The zero-order chi connectivity index (χ0) is 9.26.